The van der Waals surface area contributed by atoms with Crippen molar-refractivity contribution in [2.75, 3.05) is 40.9 Å². The Morgan fingerprint density at radius 2 is 1.39 bits per heavy atom. The van der Waals surface area contributed by atoms with Gasteiger partial charge in [-0.05, 0) is 46.0 Å². The second-order valence-electron chi connectivity index (χ2n) is 11.7. The van der Waals surface area contributed by atoms with Crippen LogP contribution in [0.2, 0.25) is 0 Å². The van der Waals surface area contributed by atoms with Gasteiger partial charge in [0.15, 0.2) is 0 Å². The van der Waals surface area contributed by atoms with Gasteiger partial charge in [-0.25, -0.2) is 0 Å². The summed E-state index contributed by atoms with van der Waals surface area (Å²) in [6.07, 6.45) is 2.32. The molecule has 7 nitrogen and oxygen atoms in total. The summed E-state index contributed by atoms with van der Waals surface area (Å²) in [7, 11) is 0. The Hall–Kier alpha value is -4.46. The highest BCUT2D eigenvalue weighted by Crippen LogP contribution is 2.46. The van der Waals surface area contributed by atoms with Crippen molar-refractivity contribution in [3.63, 3.8) is 0 Å². The average Bonchev–Trinajstić information content (AvgIpc) is 3.67. The highest BCUT2D eigenvalue weighted by Gasteiger charge is 2.36. The molecule has 236 valence electrons. The predicted molar refractivity (Wildman–Crippen MR) is 188 cm³/mol. The van der Waals surface area contributed by atoms with Gasteiger partial charge in [-0.2, -0.15) is 0 Å². The molecule has 0 aliphatic carbocycles. The lowest BCUT2D eigenvalue weighted by Gasteiger charge is -2.25. The molecule has 2 atom stereocenters. The van der Waals surface area contributed by atoms with Gasteiger partial charge in [0.05, 0.1) is 11.4 Å². The quantitative estimate of drug-likeness (QED) is 0.129. The Morgan fingerprint density at radius 3 is 2.04 bits per heavy atom. The van der Waals surface area contributed by atoms with Crippen molar-refractivity contribution >= 4 is 73.6 Å². The molecule has 0 saturated heterocycles. The molecule has 2 aliphatic rings. The minimum atomic E-state index is -0.441. The Balaban J connectivity index is 0.00000182. The lowest BCUT2D eigenvalue weighted by Crippen LogP contribution is -2.34. The topological polar surface area (TPSA) is 107 Å². The molecule has 0 bridgehead atoms. The van der Waals surface area contributed by atoms with Gasteiger partial charge < -0.3 is 25.7 Å². The predicted octanol–water partition coefficient (Wildman–Crippen LogP) is 7.66. The molecule has 5 aromatic carbocycles. The number of hydrogen-bond acceptors (Lipinski definition) is 5. The van der Waals surface area contributed by atoms with E-state index in [2.05, 4.69) is 11.6 Å². The lowest BCUT2D eigenvalue weighted by molar-refractivity contribution is -0.120. The van der Waals surface area contributed by atoms with Crippen molar-refractivity contribution in [2.45, 2.75) is 31.1 Å². The largest absolute Gasteiger partial charge is 0.507 e. The number of phenolic OH excluding ortho intramolecular Hbond substituents is 2. The number of aromatic hydroxyl groups is 2. The van der Waals surface area contributed by atoms with Crippen LogP contribution in [0.5, 0.6) is 11.5 Å². The van der Waals surface area contributed by atoms with Crippen LogP contribution in [0.3, 0.4) is 0 Å². The number of fused-ring (bicyclic) bond motifs is 6. The highest BCUT2D eigenvalue weighted by molar-refractivity contribution is 6.19. The standard InChI is InChI=1S/C36H32ClN3O4.CH3Cl/c37-19-23-20-40(31-18-33(42)28-10-3-4-11-29(28)36(23)31)35(44)16-22(21-6-5-7-24(38)14-21)15-34(43)39-13-12-26-25-8-1-2-9-27(25)32(41)17-30(26)39;1-2/h1-11,14,17-18,22-23,41-42H,12-13,15-16,19-20,38H2;1H3. The number of carbonyl (C=O) groups excluding carboxylic acids is 2. The number of alkyl halides is 2. The SMILES string of the molecule is CCl.Nc1cccc(C(CC(=O)N2CCc3c2cc(O)c2ccccc32)CC(=O)N2CC(CCl)c3c2cc(O)c2ccccc32)c1. The molecule has 2 amide bonds. The number of hydrogen-bond donors (Lipinski definition) is 3. The van der Waals surface area contributed by atoms with Crippen molar-refractivity contribution in [3.8, 4) is 11.5 Å². The first-order chi connectivity index (χ1) is 22.3. The molecule has 0 radical (unpaired) electrons. The second-order valence-corrected chi connectivity index (χ2v) is 12.0. The molecule has 0 fully saturated rings. The van der Waals surface area contributed by atoms with Crippen molar-refractivity contribution in [1.29, 1.82) is 0 Å². The molecule has 4 N–H and O–H groups in total. The Morgan fingerprint density at radius 1 is 0.804 bits per heavy atom. The van der Waals surface area contributed by atoms with Crippen LogP contribution >= 0.6 is 23.2 Å². The van der Waals surface area contributed by atoms with Crippen LogP contribution in [0.25, 0.3) is 21.5 Å². The lowest BCUT2D eigenvalue weighted by atomic mass is 9.90. The fourth-order valence-electron chi connectivity index (χ4n) is 7.06. The molecule has 0 saturated carbocycles. The van der Waals surface area contributed by atoms with Gasteiger partial charge in [-0.1, -0.05) is 60.7 Å². The molecule has 9 heteroatoms. The zero-order valence-corrected chi connectivity index (χ0v) is 26.9. The maximum Gasteiger partial charge on any atom is 0.227 e. The van der Waals surface area contributed by atoms with Gasteiger partial charge in [0.25, 0.3) is 0 Å². The smallest absolute Gasteiger partial charge is 0.227 e. The van der Waals surface area contributed by atoms with E-state index >= 15 is 0 Å². The number of nitrogens with zero attached hydrogens (tertiary/aromatic N) is 2. The minimum Gasteiger partial charge on any atom is -0.507 e. The van der Waals surface area contributed by atoms with Gasteiger partial charge in [-0.15, -0.1) is 23.2 Å². The van der Waals surface area contributed by atoms with E-state index in [0.717, 1.165) is 38.2 Å². The van der Waals surface area contributed by atoms with Crippen molar-refractivity contribution < 1.29 is 19.8 Å². The molecular formula is C37H35Cl2N3O4. The maximum atomic E-state index is 14.1. The molecule has 46 heavy (non-hydrogen) atoms. The number of anilines is 3. The van der Waals surface area contributed by atoms with E-state index in [4.69, 9.17) is 17.3 Å². The summed E-state index contributed by atoms with van der Waals surface area (Å²) >= 11 is 11.1. The third-order valence-electron chi connectivity index (χ3n) is 9.14. The Kier molecular flexibility index (Phi) is 8.98. The van der Waals surface area contributed by atoms with E-state index in [-0.39, 0.29) is 42.1 Å². The zero-order valence-electron chi connectivity index (χ0n) is 25.4. The van der Waals surface area contributed by atoms with Crippen LogP contribution in [0, 0.1) is 0 Å². The summed E-state index contributed by atoms with van der Waals surface area (Å²) in [6, 6.07) is 25.9. The summed E-state index contributed by atoms with van der Waals surface area (Å²) in [5.41, 5.74) is 10.9. The van der Waals surface area contributed by atoms with E-state index in [0.29, 0.717) is 42.5 Å². The summed E-state index contributed by atoms with van der Waals surface area (Å²) in [5.74, 6) is -0.223. The highest BCUT2D eigenvalue weighted by atomic mass is 35.5. The third kappa shape index (κ3) is 5.59. The van der Waals surface area contributed by atoms with E-state index in [9.17, 15) is 19.8 Å². The van der Waals surface area contributed by atoms with Gasteiger partial charge in [-0.3, -0.25) is 9.59 Å². The zero-order chi connectivity index (χ0) is 32.5. The molecular weight excluding hydrogens is 621 g/mol. The first kappa shape index (κ1) is 31.5. The van der Waals surface area contributed by atoms with Crippen LogP contribution in [0.4, 0.5) is 17.1 Å². The van der Waals surface area contributed by atoms with Gasteiger partial charge >= 0.3 is 0 Å². The molecule has 2 unspecified atom stereocenters. The number of carbonyl (C=O) groups is 2. The minimum absolute atomic E-state index is 0.0703. The second kappa shape index (κ2) is 13.1. The fraction of sp³-hybridized carbons (Fsp3) is 0.243. The van der Waals surface area contributed by atoms with Crippen LogP contribution in [0.1, 0.15) is 41.4 Å². The normalized spacial score (nSPS) is 15.8. The summed E-state index contributed by atoms with van der Waals surface area (Å²) in [6.45, 7) is 0.900. The molecule has 0 spiro atoms. The summed E-state index contributed by atoms with van der Waals surface area (Å²) < 4.78 is 0. The van der Waals surface area contributed by atoms with E-state index in [1.807, 2.05) is 66.7 Å². The summed E-state index contributed by atoms with van der Waals surface area (Å²) in [5, 5.41) is 24.9. The van der Waals surface area contributed by atoms with Crippen LogP contribution in [-0.2, 0) is 16.0 Å². The third-order valence-corrected chi connectivity index (χ3v) is 9.52. The molecule has 7 rings (SSSR count). The van der Waals surface area contributed by atoms with Gasteiger partial charge in [0.2, 0.25) is 11.8 Å². The Bertz CT molecular complexity index is 1960. The number of benzene rings is 5. The average molecular weight is 657 g/mol. The first-order valence-electron chi connectivity index (χ1n) is 15.2. The fourth-order valence-corrected chi connectivity index (χ4v) is 7.31. The van der Waals surface area contributed by atoms with Gasteiger partial charge in [0.1, 0.15) is 11.5 Å². The van der Waals surface area contributed by atoms with Crippen molar-refractivity contribution in [3.05, 3.63) is 102 Å². The molecule has 0 aromatic heterocycles. The Labute approximate surface area is 277 Å². The number of nitrogens with two attached hydrogens (primary N) is 1. The van der Waals surface area contributed by atoms with Crippen molar-refractivity contribution in [1.82, 2.24) is 0 Å². The number of nitrogen functional groups attached to an aromatic ring is 1. The number of phenols is 2. The number of halogens is 2. The van der Waals surface area contributed by atoms with Crippen LogP contribution in [0.15, 0.2) is 84.9 Å². The van der Waals surface area contributed by atoms with Gasteiger partial charge in [0, 0.05) is 78.6 Å². The molecule has 2 heterocycles. The number of rotatable bonds is 6. The van der Waals surface area contributed by atoms with E-state index in [1.165, 1.54) is 6.38 Å². The molecule has 5 aromatic rings. The maximum absolute atomic E-state index is 14.1. The van der Waals surface area contributed by atoms with Crippen molar-refractivity contribution in [2.24, 2.45) is 0 Å². The van der Waals surface area contributed by atoms with Crippen LogP contribution < -0.4 is 15.5 Å². The first-order valence-corrected chi connectivity index (χ1v) is 16.5. The summed E-state index contributed by atoms with van der Waals surface area (Å²) in [4.78, 5) is 31.5. The monoisotopic (exact) mass is 655 g/mol. The molecule has 2 aliphatic heterocycles. The number of amides is 2. The van der Waals surface area contributed by atoms with E-state index in [1.54, 1.807) is 28.0 Å². The van der Waals surface area contributed by atoms with E-state index < -0.39 is 5.92 Å². The van der Waals surface area contributed by atoms with Crippen LogP contribution in [-0.4, -0.2) is 47.4 Å².